The molecule has 2 aromatic rings. The van der Waals surface area contributed by atoms with Crippen molar-refractivity contribution < 1.29 is 9.53 Å². The topological polar surface area (TPSA) is 41.6 Å². The Bertz CT molecular complexity index is 866. The Kier molecular flexibility index (Phi) is 5.27. The molecule has 0 radical (unpaired) electrons. The van der Waals surface area contributed by atoms with Gasteiger partial charge in [0.25, 0.3) is 5.91 Å². The molecule has 1 N–H and O–H groups in total. The fourth-order valence-electron chi connectivity index (χ4n) is 2.40. The molecule has 1 fully saturated rings. The summed E-state index contributed by atoms with van der Waals surface area (Å²) < 4.78 is 5.41. The third-order valence-electron chi connectivity index (χ3n) is 3.55. The molecule has 4 nitrogen and oxygen atoms in total. The van der Waals surface area contributed by atoms with Crippen molar-refractivity contribution in [3.8, 4) is 5.75 Å². The van der Waals surface area contributed by atoms with Gasteiger partial charge in [-0.1, -0.05) is 29.3 Å². The maximum atomic E-state index is 12.7. The molecule has 0 unspecified atom stereocenters. The number of anilines is 1. The molecule has 0 aromatic heterocycles. The Morgan fingerprint density at radius 2 is 1.92 bits per heavy atom. The maximum Gasteiger partial charge on any atom is 0.281 e. The molecule has 25 heavy (non-hydrogen) atoms. The molecule has 7 heteroatoms. The van der Waals surface area contributed by atoms with Gasteiger partial charge in [-0.05, 0) is 67.2 Å². The van der Waals surface area contributed by atoms with Crippen molar-refractivity contribution in [3.05, 3.63) is 63.8 Å². The summed E-state index contributed by atoms with van der Waals surface area (Å²) in [5.74, 6) is 0.487. The first-order chi connectivity index (χ1) is 12.0. The highest BCUT2D eigenvalue weighted by molar-refractivity contribution is 7.80. The number of halogens is 2. The molecule has 1 saturated heterocycles. The van der Waals surface area contributed by atoms with Crippen LogP contribution in [0.4, 0.5) is 5.69 Å². The van der Waals surface area contributed by atoms with Crippen molar-refractivity contribution >= 4 is 58.2 Å². The van der Waals surface area contributed by atoms with E-state index in [1.54, 1.807) is 48.5 Å². The quantitative estimate of drug-likeness (QED) is 0.606. The lowest BCUT2D eigenvalue weighted by atomic mass is 10.2. The van der Waals surface area contributed by atoms with Gasteiger partial charge in [-0.25, -0.2) is 0 Å². The maximum absolute atomic E-state index is 12.7. The number of carbonyl (C=O) groups excluding carboxylic acids is 1. The van der Waals surface area contributed by atoms with E-state index in [0.717, 1.165) is 5.75 Å². The van der Waals surface area contributed by atoms with Crippen LogP contribution in [0.1, 0.15) is 12.5 Å². The Morgan fingerprint density at radius 3 is 2.56 bits per heavy atom. The summed E-state index contributed by atoms with van der Waals surface area (Å²) in [6.45, 7) is 2.49. The molecule has 0 saturated carbocycles. The summed E-state index contributed by atoms with van der Waals surface area (Å²) in [6.07, 6.45) is 1.65. The van der Waals surface area contributed by atoms with Gasteiger partial charge in [-0.15, -0.1) is 0 Å². The van der Waals surface area contributed by atoms with Crippen LogP contribution in [0.25, 0.3) is 6.08 Å². The van der Waals surface area contributed by atoms with Gasteiger partial charge in [-0.3, -0.25) is 9.69 Å². The van der Waals surface area contributed by atoms with Crippen LogP contribution in [0, 0.1) is 0 Å². The predicted octanol–water partition coefficient (Wildman–Crippen LogP) is 4.65. The summed E-state index contributed by atoms with van der Waals surface area (Å²) in [7, 11) is 0. The SMILES string of the molecule is CCOc1ccc(N2C(=O)C(=Cc3ccc(Cl)cc3Cl)NC2=S)cc1. The normalized spacial score (nSPS) is 15.6. The van der Waals surface area contributed by atoms with E-state index >= 15 is 0 Å². The van der Waals surface area contributed by atoms with Gasteiger partial charge in [0.2, 0.25) is 0 Å². The van der Waals surface area contributed by atoms with Gasteiger partial charge in [0, 0.05) is 10.0 Å². The number of carbonyl (C=O) groups is 1. The van der Waals surface area contributed by atoms with Crippen LogP contribution in [0.2, 0.25) is 10.0 Å². The Labute approximate surface area is 161 Å². The zero-order chi connectivity index (χ0) is 18.0. The third-order valence-corrected chi connectivity index (χ3v) is 4.39. The van der Waals surface area contributed by atoms with Crippen LogP contribution in [-0.4, -0.2) is 17.6 Å². The second-order valence-electron chi connectivity index (χ2n) is 5.22. The molecular formula is C18H14Cl2N2O2S. The zero-order valence-corrected chi connectivity index (χ0v) is 15.6. The van der Waals surface area contributed by atoms with E-state index in [2.05, 4.69) is 5.32 Å². The Morgan fingerprint density at radius 1 is 1.20 bits per heavy atom. The summed E-state index contributed by atoms with van der Waals surface area (Å²) in [5.41, 5.74) is 1.69. The van der Waals surface area contributed by atoms with Gasteiger partial charge in [-0.2, -0.15) is 0 Å². The van der Waals surface area contributed by atoms with Crippen molar-refractivity contribution in [2.45, 2.75) is 6.92 Å². The van der Waals surface area contributed by atoms with Crippen molar-refractivity contribution in [1.82, 2.24) is 5.32 Å². The van der Waals surface area contributed by atoms with Crippen molar-refractivity contribution in [2.24, 2.45) is 0 Å². The van der Waals surface area contributed by atoms with Crippen molar-refractivity contribution in [1.29, 1.82) is 0 Å². The Hall–Kier alpha value is -2.08. The molecular weight excluding hydrogens is 379 g/mol. The van der Waals surface area contributed by atoms with Gasteiger partial charge in [0.1, 0.15) is 11.4 Å². The smallest absolute Gasteiger partial charge is 0.281 e. The largest absolute Gasteiger partial charge is 0.494 e. The van der Waals surface area contributed by atoms with Crippen LogP contribution in [0.15, 0.2) is 48.2 Å². The van der Waals surface area contributed by atoms with Gasteiger partial charge < -0.3 is 10.1 Å². The van der Waals surface area contributed by atoms with Gasteiger partial charge >= 0.3 is 0 Å². The minimum atomic E-state index is -0.250. The van der Waals surface area contributed by atoms with Crippen LogP contribution >= 0.6 is 35.4 Å². The van der Waals surface area contributed by atoms with E-state index in [9.17, 15) is 4.79 Å². The lowest BCUT2D eigenvalue weighted by molar-refractivity contribution is -0.113. The van der Waals surface area contributed by atoms with E-state index in [4.69, 9.17) is 40.2 Å². The lowest BCUT2D eigenvalue weighted by Crippen LogP contribution is -2.30. The standard InChI is InChI=1S/C18H14Cl2N2O2S/c1-2-24-14-7-5-13(6-8-14)22-17(23)16(21-18(22)25)9-11-3-4-12(19)10-15(11)20/h3-10H,2H2,1H3,(H,21,25). The molecule has 0 bridgehead atoms. The minimum absolute atomic E-state index is 0.250. The molecule has 128 valence electrons. The second-order valence-corrected chi connectivity index (χ2v) is 6.45. The van der Waals surface area contributed by atoms with E-state index in [0.29, 0.717) is 38.7 Å². The average molecular weight is 393 g/mol. The van der Waals surface area contributed by atoms with Crippen LogP contribution < -0.4 is 15.0 Å². The number of amides is 1. The van der Waals surface area contributed by atoms with Gasteiger partial charge in [0.05, 0.1) is 12.3 Å². The fourth-order valence-corrected chi connectivity index (χ4v) is 3.16. The Balaban J connectivity index is 1.88. The minimum Gasteiger partial charge on any atom is -0.494 e. The predicted molar refractivity (Wildman–Crippen MR) is 105 cm³/mol. The van der Waals surface area contributed by atoms with E-state index in [1.807, 2.05) is 6.92 Å². The number of nitrogens with zero attached hydrogens (tertiary/aromatic N) is 1. The number of rotatable bonds is 4. The summed E-state index contributed by atoms with van der Waals surface area (Å²) in [4.78, 5) is 14.1. The highest BCUT2D eigenvalue weighted by Crippen LogP contribution is 2.27. The highest BCUT2D eigenvalue weighted by Gasteiger charge is 2.32. The van der Waals surface area contributed by atoms with Crippen LogP contribution in [0.3, 0.4) is 0 Å². The molecule has 1 aliphatic rings. The van der Waals surface area contributed by atoms with E-state index < -0.39 is 0 Å². The zero-order valence-electron chi connectivity index (χ0n) is 13.3. The van der Waals surface area contributed by atoms with Crippen LogP contribution in [0.5, 0.6) is 5.75 Å². The molecule has 3 rings (SSSR count). The van der Waals surface area contributed by atoms with Crippen LogP contribution in [-0.2, 0) is 4.79 Å². The first-order valence-electron chi connectivity index (χ1n) is 7.54. The second kappa shape index (κ2) is 7.44. The number of nitrogens with one attached hydrogen (secondary N) is 1. The lowest BCUT2D eigenvalue weighted by Gasteiger charge is -2.14. The molecule has 0 atom stereocenters. The number of benzene rings is 2. The summed E-state index contributed by atoms with van der Waals surface area (Å²) >= 11 is 17.4. The number of thiocarbonyl (C=S) groups is 1. The fraction of sp³-hybridized carbons (Fsp3) is 0.111. The monoisotopic (exact) mass is 392 g/mol. The van der Waals surface area contributed by atoms with Crippen molar-refractivity contribution in [2.75, 3.05) is 11.5 Å². The first kappa shape index (κ1) is 17.7. The average Bonchev–Trinajstić information content (AvgIpc) is 2.85. The molecule has 1 heterocycles. The van der Waals surface area contributed by atoms with Gasteiger partial charge in [0.15, 0.2) is 5.11 Å². The first-order valence-corrected chi connectivity index (χ1v) is 8.71. The molecule has 1 amide bonds. The highest BCUT2D eigenvalue weighted by atomic mass is 35.5. The number of hydrogen-bond acceptors (Lipinski definition) is 3. The third kappa shape index (κ3) is 3.79. The molecule has 0 aliphatic carbocycles. The number of ether oxygens (including phenoxy) is 1. The molecule has 2 aromatic carbocycles. The molecule has 1 aliphatic heterocycles. The van der Waals surface area contributed by atoms with Crippen molar-refractivity contribution in [3.63, 3.8) is 0 Å². The van der Waals surface area contributed by atoms with E-state index in [-0.39, 0.29) is 5.91 Å². The number of hydrogen-bond donors (Lipinski definition) is 1. The summed E-state index contributed by atoms with van der Waals surface area (Å²) in [5, 5.41) is 4.23. The summed E-state index contributed by atoms with van der Waals surface area (Å²) in [6, 6.07) is 12.2. The van der Waals surface area contributed by atoms with E-state index in [1.165, 1.54) is 4.90 Å². The molecule has 0 spiro atoms.